The molecule has 2 rings (SSSR count). The molecule has 1 fully saturated rings. The molecular formula is C12H11F2NO4. The Hall–Kier alpha value is -2.18. The summed E-state index contributed by atoms with van der Waals surface area (Å²) in [5.41, 5.74) is 0.00615. The van der Waals surface area contributed by atoms with E-state index >= 15 is 0 Å². The normalized spacial score (nSPS) is 15.2. The number of carboxylic acid groups (broad SMARTS) is 1. The Labute approximate surface area is 107 Å². The summed E-state index contributed by atoms with van der Waals surface area (Å²) < 4.78 is 28.7. The van der Waals surface area contributed by atoms with Gasteiger partial charge in [0.25, 0.3) is 5.91 Å². The fourth-order valence-electron chi connectivity index (χ4n) is 1.81. The minimum absolute atomic E-state index is 0.00615. The van der Waals surface area contributed by atoms with Crippen LogP contribution >= 0.6 is 0 Å². The van der Waals surface area contributed by atoms with Crippen LogP contribution in [0.1, 0.15) is 10.4 Å². The van der Waals surface area contributed by atoms with Crippen LogP contribution in [0.4, 0.5) is 8.78 Å². The molecule has 0 unspecified atom stereocenters. The number of hydrogen-bond acceptors (Lipinski definition) is 3. The van der Waals surface area contributed by atoms with E-state index in [4.69, 9.17) is 5.11 Å². The van der Waals surface area contributed by atoms with Crippen LogP contribution in [-0.2, 0) is 4.79 Å². The molecule has 7 heteroatoms. The van der Waals surface area contributed by atoms with Gasteiger partial charge >= 0.3 is 12.6 Å². The molecule has 0 aliphatic carbocycles. The zero-order valence-electron chi connectivity index (χ0n) is 9.75. The summed E-state index contributed by atoms with van der Waals surface area (Å²) in [5.74, 6) is -2.27. The first-order chi connectivity index (χ1) is 8.99. The van der Waals surface area contributed by atoms with Crippen LogP contribution in [0.25, 0.3) is 0 Å². The van der Waals surface area contributed by atoms with Crippen LogP contribution in [0, 0.1) is 5.92 Å². The fraction of sp³-hybridized carbons (Fsp3) is 0.333. The molecule has 102 valence electrons. The second kappa shape index (κ2) is 5.21. The number of amides is 1. The Balaban J connectivity index is 2.10. The highest BCUT2D eigenvalue weighted by atomic mass is 19.3. The van der Waals surface area contributed by atoms with Gasteiger partial charge in [-0.25, -0.2) is 0 Å². The second-order valence-electron chi connectivity index (χ2n) is 4.12. The van der Waals surface area contributed by atoms with Gasteiger partial charge in [0.2, 0.25) is 0 Å². The van der Waals surface area contributed by atoms with E-state index in [1.165, 1.54) is 29.2 Å². The van der Waals surface area contributed by atoms with Crippen molar-refractivity contribution < 1.29 is 28.2 Å². The lowest BCUT2D eigenvalue weighted by atomic mass is 9.99. The number of hydrogen-bond donors (Lipinski definition) is 1. The topological polar surface area (TPSA) is 66.8 Å². The van der Waals surface area contributed by atoms with Gasteiger partial charge in [0.1, 0.15) is 5.75 Å². The summed E-state index contributed by atoms with van der Waals surface area (Å²) in [5, 5.41) is 8.72. The molecule has 0 spiro atoms. The zero-order chi connectivity index (χ0) is 14.0. The van der Waals surface area contributed by atoms with Gasteiger partial charge in [-0.3, -0.25) is 9.59 Å². The molecule has 19 heavy (non-hydrogen) atoms. The van der Waals surface area contributed by atoms with Gasteiger partial charge in [0, 0.05) is 13.1 Å². The number of aliphatic carboxylic acids is 1. The largest absolute Gasteiger partial charge is 0.481 e. The lowest BCUT2D eigenvalue weighted by Gasteiger charge is -2.36. The third kappa shape index (κ3) is 2.81. The minimum atomic E-state index is -3.02. The highest BCUT2D eigenvalue weighted by molar-refractivity contribution is 5.98. The predicted molar refractivity (Wildman–Crippen MR) is 60.1 cm³/mol. The average molecular weight is 271 g/mol. The quantitative estimate of drug-likeness (QED) is 0.900. The molecule has 0 bridgehead atoms. The van der Waals surface area contributed by atoms with E-state index in [-0.39, 0.29) is 24.4 Å². The van der Waals surface area contributed by atoms with Crippen molar-refractivity contribution in [1.29, 1.82) is 0 Å². The standard InChI is InChI=1S/C12H11F2NO4/c13-12(14)19-9-4-2-1-3-8(9)10(16)15-5-7(6-15)11(17)18/h1-4,7,12H,5-6H2,(H,17,18). The van der Waals surface area contributed by atoms with Gasteiger partial charge in [-0.05, 0) is 12.1 Å². The van der Waals surface area contributed by atoms with E-state index < -0.39 is 24.4 Å². The van der Waals surface area contributed by atoms with E-state index in [0.717, 1.165) is 0 Å². The van der Waals surface area contributed by atoms with Gasteiger partial charge < -0.3 is 14.7 Å². The minimum Gasteiger partial charge on any atom is -0.481 e. The van der Waals surface area contributed by atoms with E-state index in [1.807, 2.05) is 0 Å². The van der Waals surface area contributed by atoms with Crippen LogP contribution in [0.5, 0.6) is 5.75 Å². The van der Waals surface area contributed by atoms with Crippen LogP contribution in [0.3, 0.4) is 0 Å². The van der Waals surface area contributed by atoms with Crippen molar-refractivity contribution >= 4 is 11.9 Å². The van der Waals surface area contributed by atoms with Crippen LogP contribution < -0.4 is 4.74 Å². The van der Waals surface area contributed by atoms with E-state index in [0.29, 0.717) is 0 Å². The molecule has 0 radical (unpaired) electrons. The summed E-state index contributed by atoms with van der Waals surface area (Å²) >= 11 is 0. The Kier molecular flexibility index (Phi) is 3.64. The summed E-state index contributed by atoms with van der Waals surface area (Å²) in [7, 11) is 0. The number of benzene rings is 1. The lowest BCUT2D eigenvalue weighted by Crippen LogP contribution is -2.53. The number of para-hydroxylation sites is 1. The number of halogens is 2. The zero-order valence-corrected chi connectivity index (χ0v) is 9.75. The first-order valence-corrected chi connectivity index (χ1v) is 5.55. The Morgan fingerprint density at radius 3 is 2.53 bits per heavy atom. The van der Waals surface area contributed by atoms with Crippen molar-refractivity contribution in [2.24, 2.45) is 5.92 Å². The molecule has 1 amide bonds. The molecule has 1 aliphatic heterocycles. The van der Waals surface area contributed by atoms with Crippen molar-refractivity contribution in [2.45, 2.75) is 6.61 Å². The first kappa shape index (κ1) is 13.3. The van der Waals surface area contributed by atoms with Crippen LogP contribution in [0.2, 0.25) is 0 Å². The number of likely N-dealkylation sites (tertiary alicyclic amines) is 1. The maximum atomic E-state index is 12.2. The number of rotatable bonds is 4. The molecular weight excluding hydrogens is 260 g/mol. The molecule has 1 aliphatic rings. The van der Waals surface area contributed by atoms with Crippen LogP contribution in [-0.4, -0.2) is 41.6 Å². The Morgan fingerprint density at radius 2 is 1.95 bits per heavy atom. The molecule has 0 aromatic heterocycles. The SMILES string of the molecule is O=C(O)C1CN(C(=O)c2ccccc2OC(F)F)C1. The number of carbonyl (C=O) groups excluding carboxylic acids is 1. The second-order valence-corrected chi connectivity index (χ2v) is 4.12. The molecule has 1 aromatic carbocycles. The molecule has 1 aromatic rings. The maximum absolute atomic E-state index is 12.2. The van der Waals surface area contributed by atoms with Crippen molar-refractivity contribution in [3.05, 3.63) is 29.8 Å². The monoisotopic (exact) mass is 271 g/mol. The average Bonchev–Trinajstić information content (AvgIpc) is 2.26. The number of carboxylic acids is 1. The van der Waals surface area contributed by atoms with Gasteiger partial charge in [0.15, 0.2) is 0 Å². The summed E-state index contributed by atoms with van der Waals surface area (Å²) in [4.78, 5) is 23.9. The van der Waals surface area contributed by atoms with E-state index in [2.05, 4.69) is 4.74 Å². The van der Waals surface area contributed by atoms with Gasteiger partial charge in [0.05, 0.1) is 11.5 Å². The smallest absolute Gasteiger partial charge is 0.387 e. The highest BCUT2D eigenvalue weighted by Crippen LogP contribution is 2.25. The first-order valence-electron chi connectivity index (χ1n) is 5.55. The van der Waals surface area contributed by atoms with Crippen molar-refractivity contribution in [2.75, 3.05) is 13.1 Å². The lowest BCUT2D eigenvalue weighted by molar-refractivity contribution is -0.146. The maximum Gasteiger partial charge on any atom is 0.387 e. The third-order valence-corrected chi connectivity index (χ3v) is 2.85. The number of carbonyl (C=O) groups is 2. The van der Waals surface area contributed by atoms with E-state index in [9.17, 15) is 18.4 Å². The van der Waals surface area contributed by atoms with Crippen molar-refractivity contribution in [3.8, 4) is 5.75 Å². The third-order valence-electron chi connectivity index (χ3n) is 2.85. The number of nitrogens with zero attached hydrogens (tertiary/aromatic N) is 1. The number of alkyl halides is 2. The fourth-order valence-corrected chi connectivity index (χ4v) is 1.81. The summed E-state index contributed by atoms with van der Waals surface area (Å²) in [6.07, 6.45) is 0. The van der Waals surface area contributed by atoms with Gasteiger partial charge in [-0.1, -0.05) is 12.1 Å². The van der Waals surface area contributed by atoms with Gasteiger partial charge in [-0.2, -0.15) is 8.78 Å². The van der Waals surface area contributed by atoms with Crippen molar-refractivity contribution in [1.82, 2.24) is 4.90 Å². The molecule has 1 N–H and O–H groups in total. The summed E-state index contributed by atoms with van der Waals surface area (Å²) in [6.45, 7) is -2.86. The Morgan fingerprint density at radius 1 is 1.32 bits per heavy atom. The van der Waals surface area contributed by atoms with Crippen LogP contribution in [0.15, 0.2) is 24.3 Å². The predicted octanol–water partition coefficient (Wildman–Crippen LogP) is 1.44. The Bertz CT molecular complexity index is 500. The molecule has 1 heterocycles. The molecule has 5 nitrogen and oxygen atoms in total. The highest BCUT2D eigenvalue weighted by Gasteiger charge is 2.36. The molecule has 0 saturated carbocycles. The number of ether oxygens (including phenoxy) is 1. The van der Waals surface area contributed by atoms with Crippen molar-refractivity contribution in [3.63, 3.8) is 0 Å². The summed E-state index contributed by atoms with van der Waals surface area (Å²) in [6, 6.07) is 5.65. The molecule has 0 atom stereocenters. The van der Waals surface area contributed by atoms with Gasteiger partial charge in [-0.15, -0.1) is 0 Å². The van der Waals surface area contributed by atoms with E-state index in [1.54, 1.807) is 0 Å². The molecule has 1 saturated heterocycles.